The molecule has 77 valence electrons. The Bertz CT molecular complexity index is 266. The van der Waals surface area contributed by atoms with E-state index in [9.17, 15) is 0 Å². The molecule has 0 aliphatic heterocycles. The Hall–Kier alpha value is -0.131. The maximum absolute atomic E-state index is 2.50. The van der Waals surface area contributed by atoms with Crippen LogP contribution in [0.2, 0.25) is 0 Å². The molecule has 0 heterocycles. The molecule has 14 heavy (non-hydrogen) atoms. The van der Waals surface area contributed by atoms with Crippen LogP contribution in [0.3, 0.4) is 0 Å². The summed E-state index contributed by atoms with van der Waals surface area (Å²) >= 11 is 0. The van der Waals surface area contributed by atoms with Gasteiger partial charge in [-0.3, -0.25) is 0 Å². The average Bonchev–Trinajstić information content (AvgIpc) is 2.56. The number of hydrogen-bond acceptors (Lipinski definition) is 0. The summed E-state index contributed by atoms with van der Waals surface area (Å²) in [6.45, 7) is 0. The van der Waals surface area contributed by atoms with Crippen molar-refractivity contribution in [1.82, 2.24) is 0 Å². The van der Waals surface area contributed by atoms with Gasteiger partial charge in [0, 0.05) is 17.1 Å². The van der Waals surface area contributed by atoms with Gasteiger partial charge in [-0.15, -0.1) is 12.0 Å². The van der Waals surface area contributed by atoms with Crippen molar-refractivity contribution in [1.29, 1.82) is 0 Å². The summed E-state index contributed by atoms with van der Waals surface area (Å²) in [5, 5.41) is 0. The fourth-order valence-corrected chi connectivity index (χ4v) is 3.12. The van der Waals surface area contributed by atoms with Crippen molar-refractivity contribution in [2.75, 3.05) is 0 Å². The van der Waals surface area contributed by atoms with E-state index in [1.54, 1.807) is 22.3 Å². The minimum absolute atomic E-state index is 0. The van der Waals surface area contributed by atoms with Crippen LogP contribution in [0.1, 0.15) is 51.4 Å². The molecule has 0 aromatic carbocycles. The minimum Gasteiger partial charge on any atom is -0.226 e. The molecule has 0 aromatic heterocycles. The summed E-state index contributed by atoms with van der Waals surface area (Å²) in [5.74, 6) is 0. The van der Waals surface area contributed by atoms with Gasteiger partial charge in [0.1, 0.15) is 0 Å². The molecule has 0 saturated heterocycles. The van der Waals surface area contributed by atoms with Gasteiger partial charge in [-0.2, -0.15) is 5.57 Å². The van der Waals surface area contributed by atoms with Gasteiger partial charge in [0.05, 0.1) is 0 Å². The maximum atomic E-state index is 2.50. The largest absolute Gasteiger partial charge is 0.226 e. The molecule has 0 saturated carbocycles. The van der Waals surface area contributed by atoms with Crippen LogP contribution < -0.4 is 0 Å². The molecule has 3 aliphatic rings. The topological polar surface area (TPSA) is 0 Å². The van der Waals surface area contributed by atoms with E-state index in [-0.39, 0.29) is 17.1 Å². The molecule has 3 aliphatic carbocycles. The minimum atomic E-state index is 0. The second kappa shape index (κ2) is 4.16. The zero-order chi connectivity index (χ0) is 8.67. The second-order valence-electron chi connectivity index (χ2n) is 4.57. The van der Waals surface area contributed by atoms with Crippen LogP contribution >= 0.6 is 0 Å². The third-order valence-electron chi connectivity index (χ3n) is 3.76. The van der Waals surface area contributed by atoms with E-state index < -0.39 is 0 Å². The smallest absolute Gasteiger partial charge is 0 e. The predicted molar refractivity (Wildman–Crippen MR) is 55.3 cm³/mol. The Labute approximate surface area is 97.3 Å². The Morgan fingerprint density at radius 3 is 2.57 bits per heavy atom. The van der Waals surface area contributed by atoms with Crippen LogP contribution in [0.5, 0.6) is 0 Å². The van der Waals surface area contributed by atoms with Crippen LogP contribution in [0, 0.1) is 6.42 Å². The van der Waals surface area contributed by atoms with E-state index in [2.05, 4.69) is 6.42 Å². The first-order valence-electron chi connectivity index (χ1n) is 5.71. The standard InChI is InChI=1S/C13H17.Mn/c1-3-7-12-10(5-1)9-11-6-2-4-8-13(11)12;/h5H,1-4,6-9H2;/q-1;. The van der Waals surface area contributed by atoms with Gasteiger partial charge in [0.2, 0.25) is 0 Å². The van der Waals surface area contributed by atoms with Gasteiger partial charge in [-0.05, 0) is 25.7 Å². The molecule has 0 amide bonds. The second-order valence-corrected chi connectivity index (χ2v) is 4.57. The first-order valence-corrected chi connectivity index (χ1v) is 5.71. The molecule has 3 rings (SSSR count). The van der Waals surface area contributed by atoms with Crippen molar-refractivity contribution in [2.45, 2.75) is 51.4 Å². The summed E-state index contributed by atoms with van der Waals surface area (Å²) < 4.78 is 0. The quantitative estimate of drug-likeness (QED) is 0.435. The Kier molecular flexibility index (Phi) is 3.09. The summed E-state index contributed by atoms with van der Waals surface area (Å²) in [5.41, 5.74) is 7.06. The van der Waals surface area contributed by atoms with Crippen LogP contribution in [0.15, 0.2) is 22.3 Å². The van der Waals surface area contributed by atoms with E-state index in [0.717, 1.165) is 0 Å². The average molecular weight is 228 g/mol. The van der Waals surface area contributed by atoms with Gasteiger partial charge >= 0.3 is 0 Å². The summed E-state index contributed by atoms with van der Waals surface area (Å²) in [4.78, 5) is 0. The molecule has 1 heteroatoms. The van der Waals surface area contributed by atoms with E-state index in [1.165, 1.54) is 51.4 Å². The maximum Gasteiger partial charge on any atom is 0 e. The fourth-order valence-electron chi connectivity index (χ4n) is 3.12. The number of hydrogen-bond donors (Lipinski definition) is 0. The van der Waals surface area contributed by atoms with Crippen LogP contribution in [0.4, 0.5) is 0 Å². The van der Waals surface area contributed by atoms with Gasteiger partial charge in [0.15, 0.2) is 0 Å². The molecular weight excluding hydrogens is 211 g/mol. The van der Waals surface area contributed by atoms with Gasteiger partial charge in [-0.25, -0.2) is 12.0 Å². The third kappa shape index (κ3) is 1.57. The zero-order valence-corrected chi connectivity index (χ0v) is 9.79. The molecule has 0 unspecified atom stereocenters. The number of rotatable bonds is 0. The predicted octanol–water partition coefficient (Wildman–Crippen LogP) is 3.94. The molecule has 0 N–H and O–H groups in total. The monoisotopic (exact) mass is 228 g/mol. The van der Waals surface area contributed by atoms with Crippen molar-refractivity contribution >= 4 is 0 Å². The van der Waals surface area contributed by atoms with Gasteiger partial charge in [-0.1, -0.05) is 24.8 Å². The number of fused-ring (bicyclic) bond motifs is 1. The Morgan fingerprint density at radius 1 is 0.857 bits per heavy atom. The van der Waals surface area contributed by atoms with E-state index in [0.29, 0.717) is 0 Å². The molecule has 0 aromatic rings. The first kappa shape index (κ1) is 10.4. The molecule has 0 nitrogen and oxygen atoms in total. The molecule has 0 bridgehead atoms. The summed E-state index contributed by atoms with van der Waals surface area (Å²) in [6.07, 6.45) is 13.6. The summed E-state index contributed by atoms with van der Waals surface area (Å²) in [7, 11) is 0. The molecule has 1 radical (unpaired) electrons. The van der Waals surface area contributed by atoms with Crippen molar-refractivity contribution in [3.05, 3.63) is 28.7 Å². The first-order chi connectivity index (χ1) is 6.45. The Balaban J connectivity index is 0.000000750. The van der Waals surface area contributed by atoms with Crippen LogP contribution in [-0.4, -0.2) is 0 Å². The third-order valence-corrected chi connectivity index (χ3v) is 3.76. The van der Waals surface area contributed by atoms with Crippen molar-refractivity contribution in [2.24, 2.45) is 0 Å². The van der Waals surface area contributed by atoms with Crippen LogP contribution in [0.25, 0.3) is 0 Å². The van der Waals surface area contributed by atoms with Crippen molar-refractivity contribution in [3.8, 4) is 0 Å². The van der Waals surface area contributed by atoms with Gasteiger partial charge < -0.3 is 0 Å². The van der Waals surface area contributed by atoms with E-state index in [4.69, 9.17) is 0 Å². The molecule has 0 atom stereocenters. The zero-order valence-electron chi connectivity index (χ0n) is 8.61. The van der Waals surface area contributed by atoms with Crippen molar-refractivity contribution in [3.63, 3.8) is 0 Å². The van der Waals surface area contributed by atoms with Gasteiger partial charge in [0.25, 0.3) is 0 Å². The molecule has 0 fully saturated rings. The van der Waals surface area contributed by atoms with Crippen molar-refractivity contribution < 1.29 is 17.1 Å². The van der Waals surface area contributed by atoms with Crippen LogP contribution in [-0.2, 0) is 17.1 Å². The van der Waals surface area contributed by atoms with E-state index >= 15 is 0 Å². The summed E-state index contributed by atoms with van der Waals surface area (Å²) in [6, 6.07) is 0. The fraction of sp³-hybridized carbons (Fsp3) is 0.615. The number of allylic oxidation sites excluding steroid dienone is 4. The normalized spacial score (nSPS) is 25.1. The molecule has 0 spiro atoms. The molecular formula is C13H17Mn-. The van der Waals surface area contributed by atoms with E-state index in [1.807, 2.05) is 0 Å². The SMILES string of the molecule is [CH-]1CCCC2=C1CC1=C2CCCC1.[Mn]. The Morgan fingerprint density at radius 2 is 1.64 bits per heavy atom.